The van der Waals surface area contributed by atoms with Crippen LogP contribution < -0.4 is 10.6 Å². The summed E-state index contributed by atoms with van der Waals surface area (Å²) in [4.78, 5) is 31.2. The van der Waals surface area contributed by atoms with Gasteiger partial charge in [-0.05, 0) is 44.2 Å². The van der Waals surface area contributed by atoms with E-state index in [1.165, 1.54) is 0 Å². The van der Waals surface area contributed by atoms with E-state index in [1.807, 2.05) is 4.90 Å². The van der Waals surface area contributed by atoms with E-state index >= 15 is 0 Å². The number of likely N-dealkylation sites (tertiary alicyclic amines) is 1. The average molecular weight is 356 g/mol. The molecule has 2 aliphatic rings. The lowest BCUT2D eigenvalue weighted by Crippen LogP contribution is -2.46. The molecule has 8 heteroatoms. The Bertz CT molecular complexity index is 798. The van der Waals surface area contributed by atoms with E-state index in [2.05, 4.69) is 20.7 Å². The van der Waals surface area contributed by atoms with E-state index < -0.39 is 0 Å². The maximum atomic E-state index is 12.9. The molecule has 4 rings (SSSR count). The molecule has 0 saturated carbocycles. The van der Waals surface area contributed by atoms with Gasteiger partial charge in [-0.2, -0.15) is 5.10 Å². The predicted molar refractivity (Wildman–Crippen MR) is 95.6 cm³/mol. The standard InChI is InChI=1S/C18H24N6O2/c25-17(15-5-1-6-19-15)21-10-13-4-2-8-23(12-13)18(26)14-11-22-24-9-3-7-20-16(14)24/h3,7,9,11,13,15,19H,1-2,4-6,8,10,12H2,(H,21,25). The maximum Gasteiger partial charge on any atom is 0.259 e. The van der Waals surface area contributed by atoms with E-state index in [0.717, 1.165) is 38.8 Å². The molecule has 0 radical (unpaired) electrons. The monoisotopic (exact) mass is 356 g/mol. The Kier molecular flexibility index (Phi) is 4.83. The zero-order valence-electron chi connectivity index (χ0n) is 14.7. The van der Waals surface area contributed by atoms with Gasteiger partial charge >= 0.3 is 0 Å². The Labute approximate surface area is 152 Å². The number of rotatable bonds is 4. The smallest absolute Gasteiger partial charge is 0.259 e. The molecule has 0 aliphatic carbocycles. The first-order chi connectivity index (χ1) is 12.7. The van der Waals surface area contributed by atoms with E-state index in [1.54, 1.807) is 29.2 Å². The number of fused-ring (bicyclic) bond motifs is 1. The molecule has 8 nitrogen and oxygen atoms in total. The van der Waals surface area contributed by atoms with Crippen LogP contribution in [-0.2, 0) is 4.79 Å². The minimum absolute atomic E-state index is 0.0350. The summed E-state index contributed by atoms with van der Waals surface area (Å²) in [6, 6.07) is 1.73. The zero-order valence-corrected chi connectivity index (χ0v) is 14.7. The van der Waals surface area contributed by atoms with Crippen LogP contribution in [0.4, 0.5) is 0 Å². The fourth-order valence-corrected chi connectivity index (χ4v) is 3.84. The Hall–Kier alpha value is -2.48. The second-order valence-corrected chi connectivity index (χ2v) is 7.10. The molecule has 0 spiro atoms. The van der Waals surface area contributed by atoms with Crippen LogP contribution in [0.25, 0.3) is 5.65 Å². The molecule has 2 aromatic heterocycles. The van der Waals surface area contributed by atoms with E-state index in [9.17, 15) is 9.59 Å². The van der Waals surface area contributed by atoms with Crippen LogP contribution in [-0.4, -0.2) is 63.5 Å². The molecule has 2 fully saturated rings. The van der Waals surface area contributed by atoms with Crippen LogP contribution in [0.5, 0.6) is 0 Å². The summed E-state index contributed by atoms with van der Waals surface area (Å²) in [6.45, 7) is 2.92. The molecule has 4 heterocycles. The molecule has 2 aliphatic heterocycles. The third kappa shape index (κ3) is 3.41. The van der Waals surface area contributed by atoms with Crippen LogP contribution in [0.3, 0.4) is 0 Å². The number of amides is 2. The van der Waals surface area contributed by atoms with Gasteiger partial charge in [-0.15, -0.1) is 0 Å². The van der Waals surface area contributed by atoms with Crippen LogP contribution in [0, 0.1) is 5.92 Å². The Balaban J connectivity index is 1.37. The molecule has 2 atom stereocenters. The number of piperidine rings is 1. The lowest BCUT2D eigenvalue weighted by atomic mass is 9.97. The number of carbonyl (C=O) groups is 2. The van der Waals surface area contributed by atoms with Crippen LogP contribution in [0.2, 0.25) is 0 Å². The van der Waals surface area contributed by atoms with Crippen molar-refractivity contribution in [1.82, 2.24) is 30.1 Å². The highest BCUT2D eigenvalue weighted by Gasteiger charge is 2.28. The van der Waals surface area contributed by atoms with Crippen molar-refractivity contribution < 1.29 is 9.59 Å². The summed E-state index contributed by atoms with van der Waals surface area (Å²) in [5.41, 5.74) is 1.12. The second-order valence-electron chi connectivity index (χ2n) is 7.10. The number of nitrogens with one attached hydrogen (secondary N) is 2. The van der Waals surface area contributed by atoms with Crippen molar-refractivity contribution in [2.24, 2.45) is 5.92 Å². The van der Waals surface area contributed by atoms with Gasteiger partial charge in [-0.1, -0.05) is 0 Å². The summed E-state index contributed by atoms with van der Waals surface area (Å²) in [5, 5.41) is 10.5. The minimum Gasteiger partial charge on any atom is -0.354 e. The van der Waals surface area contributed by atoms with E-state index in [4.69, 9.17) is 0 Å². The van der Waals surface area contributed by atoms with Gasteiger partial charge in [-0.25, -0.2) is 9.50 Å². The topological polar surface area (TPSA) is 91.6 Å². The Morgan fingerprint density at radius 2 is 2.23 bits per heavy atom. The Morgan fingerprint density at radius 3 is 3.08 bits per heavy atom. The molecule has 2 aromatic rings. The summed E-state index contributed by atoms with van der Waals surface area (Å²) in [6.07, 6.45) is 8.96. The lowest BCUT2D eigenvalue weighted by molar-refractivity contribution is -0.123. The van der Waals surface area contributed by atoms with Gasteiger partial charge in [0.2, 0.25) is 5.91 Å². The highest BCUT2D eigenvalue weighted by atomic mass is 16.2. The molecule has 0 bridgehead atoms. The van der Waals surface area contributed by atoms with E-state index in [0.29, 0.717) is 24.3 Å². The van der Waals surface area contributed by atoms with Gasteiger partial charge < -0.3 is 15.5 Å². The first-order valence-electron chi connectivity index (χ1n) is 9.31. The molecule has 2 N–H and O–H groups in total. The SMILES string of the molecule is O=C(NCC1CCCN(C(=O)c2cnn3cccnc23)C1)C1CCCN1. The lowest BCUT2D eigenvalue weighted by Gasteiger charge is -2.32. The summed E-state index contributed by atoms with van der Waals surface area (Å²) in [7, 11) is 0. The molecule has 138 valence electrons. The van der Waals surface area contributed by atoms with Crippen LogP contribution >= 0.6 is 0 Å². The fourth-order valence-electron chi connectivity index (χ4n) is 3.84. The largest absolute Gasteiger partial charge is 0.354 e. The number of hydrogen-bond acceptors (Lipinski definition) is 5. The van der Waals surface area contributed by atoms with Crippen molar-refractivity contribution in [3.8, 4) is 0 Å². The van der Waals surface area contributed by atoms with Crippen molar-refractivity contribution in [2.45, 2.75) is 31.7 Å². The van der Waals surface area contributed by atoms with Crippen molar-refractivity contribution in [3.63, 3.8) is 0 Å². The molecule has 2 saturated heterocycles. The third-order valence-corrected chi connectivity index (χ3v) is 5.26. The van der Waals surface area contributed by atoms with Crippen molar-refractivity contribution in [2.75, 3.05) is 26.2 Å². The van der Waals surface area contributed by atoms with Gasteiger partial charge in [0.1, 0.15) is 5.56 Å². The first kappa shape index (κ1) is 17.0. The van der Waals surface area contributed by atoms with Gasteiger partial charge in [0, 0.05) is 32.0 Å². The summed E-state index contributed by atoms with van der Waals surface area (Å²) in [5.74, 6) is 0.331. The zero-order chi connectivity index (χ0) is 17.9. The van der Waals surface area contributed by atoms with Crippen molar-refractivity contribution in [3.05, 3.63) is 30.2 Å². The Morgan fingerprint density at radius 1 is 1.31 bits per heavy atom. The number of nitrogens with zero attached hydrogens (tertiary/aromatic N) is 4. The molecule has 2 amide bonds. The normalized spacial score (nSPS) is 23.3. The second kappa shape index (κ2) is 7.41. The van der Waals surface area contributed by atoms with Gasteiger partial charge in [0.15, 0.2) is 5.65 Å². The van der Waals surface area contributed by atoms with Crippen molar-refractivity contribution >= 4 is 17.5 Å². The third-order valence-electron chi connectivity index (χ3n) is 5.26. The first-order valence-corrected chi connectivity index (χ1v) is 9.31. The van der Waals surface area contributed by atoms with Gasteiger partial charge in [-0.3, -0.25) is 9.59 Å². The van der Waals surface area contributed by atoms with E-state index in [-0.39, 0.29) is 23.8 Å². The highest BCUT2D eigenvalue weighted by molar-refractivity contribution is 5.99. The summed E-state index contributed by atoms with van der Waals surface area (Å²) >= 11 is 0. The minimum atomic E-state index is -0.0545. The van der Waals surface area contributed by atoms with Crippen molar-refractivity contribution in [1.29, 1.82) is 0 Å². The summed E-state index contributed by atoms with van der Waals surface area (Å²) < 4.78 is 1.61. The quantitative estimate of drug-likeness (QED) is 0.830. The fraction of sp³-hybridized carbons (Fsp3) is 0.556. The molecule has 0 aromatic carbocycles. The number of hydrogen-bond donors (Lipinski definition) is 2. The molecular weight excluding hydrogens is 332 g/mol. The van der Waals surface area contributed by atoms with Crippen LogP contribution in [0.15, 0.2) is 24.7 Å². The molecular formula is C18H24N6O2. The van der Waals surface area contributed by atoms with Crippen LogP contribution in [0.1, 0.15) is 36.0 Å². The molecule has 26 heavy (non-hydrogen) atoms. The highest BCUT2D eigenvalue weighted by Crippen LogP contribution is 2.19. The van der Waals surface area contributed by atoms with Gasteiger partial charge in [0.05, 0.1) is 12.2 Å². The number of aromatic nitrogens is 3. The molecule has 2 unspecified atom stereocenters. The average Bonchev–Trinajstić information content (AvgIpc) is 3.35. The number of carbonyl (C=O) groups excluding carboxylic acids is 2. The maximum absolute atomic E-state index is 12.9. The predicted octanol–water partition coefficient (Wildman–Crippen LogP) is 0.450. The van der Waals surface area contributed by atoms with Gasteiger partial charge in [0.25, 0.3) is 5.91 Å².